The number of carbonyl (C=O) groups is 1. The molecular weight excluding hydrogens is 240 g/mol. The van der Waals surface area contributed by atoms with Crippen molar-refractivity contribution in [2.45, 2.75) is 13.5 Å². The Morgan fingerprint density at radius 3 is 3.00 bits per heavy atom. The Morgan fingerprint density at radius 2 is 2.35 bits per heavy atom. The summed E-state index contributed by atoms with van der Waals surface area (Å²) in [6, 6.07) is 5.46. The normalized spacial score (nSPS) is 10.2. The average molecular weight is 251 g/mol. The molecule has 0 saturated carbocycles. The first-order valence-corrected chi connectivity index (χ1v) is 5.44. The first kappa shape index (κ1) is 11.7. The number of halogens is 1. The van der Waals surface area contributed by atoms with Crippen molar-refractivity contribution >= 4 is 18.1 Å². The molecule has 2 heterocycles. The van der Waals surface area contributed by atoms with Crippen LogP contribution in [-0.4, -0.2) is 16.0 Å². The average Bonchev–Trinajstić information content (AvgIpc) is 2.63. The Bertz CT molecular complexity index is 520. The highest BCUT2D eigenvalue weighted by Gasteiger charge is 2.04. The van der Waals surface area contributed by atoms with Crippen molar-refractivity contribution < 1.29 is 9.53 Å². The van der Waals surface area contributed by atoms with Crippen LogP contribution in [0.2, 0.25) is 5.15 Å². The van der Waals surface area contributed by atoms with Gasteiger partial charge in [0.05, 0.1) is 0 Å². The van der Waals surface area contributed by atoms with Crippen LogP contribution in [0.4, 0.5) is 0 Å². The van der Waals surface area contributed by atoms with Crippen LogP contribution in [0.5, 0.6) is 5.75 Å². The number of hydrogen-bond acceptors (Lipinski definition) is 3. The summed E-state index contributed by atoms with van der Waals surface area (Å²) in [6.45, 7) is 3.03. The minimum atomic E-state index is 0.420. The smallest absolute Gasteiger partial charge is 0.298 e. The molecule has 0 radical (unpaired) electrons. The van der Waals surface area contributed by atoms with Crippen molar-refractivity contribution in [3.8, 4) is 5.75 Å². The van der Waals surface area contributed by atoms with E-state index in [2.05, 4.69) is 4.98 Å². The molecular formula is C12H11ClN2O2. The Kier molecular flexibility index (Phi) is 3.44. The third-order valence-corrected chi connectivity index (χ3v) is 2.64. The Balaban J connectivity index is 2.17. The molecule has 0 aromatic carbocycles. The van der Waals surface area contributed by atoms with Crippen LogP contribution >= 0.6 is 11.6 Å². The van der Waals surface area contributed by atoms with E-state index >= 15 is 0 Å². The van der Waals surface area contributed by atoms with E-state index in [4.69, 9.17) is 16.3 Å². The van der Waals surface area contributed by atoms with Crippen molar-refractivity contribution in [3.63, 3.8) is 0 Å². The number of carbonyl (C=O) groups excluding carboxylic acids is 1. The van der Waals surface area contributed by atoms with Gasteiger partial charge in [-0.1, -0.05) is 17.7 Å². The summed E-state index contributed by atoms with van der Waals surface area (Å²) in [6.07, 6.45) is 3.50. The third-order valence-electron chi connectivity index (χ3n) is 2.41. The van der Waals surface area contributed by atoms with Gasteiger partial charge in [0.25, 0.3) is 6.47 Å². The molecule has 0 N–H and O–H groups in total. The molecule has 0 aliphatic heterocycles. The fourth-order valence-electron chi connectivity index (χ4n) is 1.57. The van der Waals surface area contributed by atoms with E-state index in [1.165, 1.54) is 0 Å². The molecule has 2 aromatic rings. The van der Waals surface area contributed by atoms with E-state index in [1.54, 1.807) is 24.5 Å². The van der Waals surface area contributed by atoms with Gasteiger partial charge in [-0.2, -0.15) is 0 Å². The maximum atomic E-state index is 10.2. The van der Waals surface area contributed by atoms with E-state index in [-0.39, 0.29) is 0 Å². The number of aryl methyl sites for hydroxylation is 1. The van der Waals surface area contributed by atoms with Gasteiger partial charge in [-0.3, -0.25) is 4.79 Å². The molecule has 0 atom stereocenters. The van der Waals surface area contributed by atoms with Crippen molar-refractivity contribution in [1.29, 1.82) is 0 Å². The Hall–Kier alpha value is -1.81. The van der Waals surface area contributed by atoms with E-state index in [1.807, 2.05) is 17.6 Å². The summed E-state index contributed by atoms with van der Waals surface area (Å²) in [5.74, 6) is 0.541. The minimum Gasteiger partial charge on any atom is -0.427 e. The lowest BCUT2D eigenvalue weighted by Gasteiger charge is -2.05. The number of rotatable bonds is 4. The maximum absolute atomic E-state index is 10.2. The van der Waals surface area contributed by atoms with Crippen LogP contribution in [0.25, 0.3) is 0 Å². The number of nitrogens with zero attached hydrogens (tertiary/aromatic N) is 2. The molecule has 5 heteroatoms. The van der Waals surface area contributed by atoms with Crippen molar-refractivity contribution in [1.82, 2.24) is 9.55 Å². The molecule has 0 bridgehead atoms. The number of hydrogen-bond donors (Lipinski definition) is 0. The van der Waals surface area contributed by atoms with E-state index in [0.717, 1.165) is 11.3 Å². The molecule has 0 spiro atoms. The molecule has 88 valence electrons. The topological polar surface area (TPSA) is 44.1 Å². The lowest BCUT2D eigenvalue weighted by Crippen LogP contribution is -2.00. The van der Waals surface area contributed by atoms with Crippen molar-refractivity contribution in [2.75, 3.05) is 0 Å². The van der Waals surface area contributed by atoms with Crippen molar-refractivity contribution in [2.24, 2.45) is 0 Å². The zero-order valence-electron chi connectivity index (χ0n) is 9.26. The Labute approximate surface area is 104 Å². The van der Waals surface area contributed by atoms with Gasteiger partial charge in [-0.05, 0) is 18.6 Å². The van der Waals surface area contributed by atoms with Crippen LogP contribution in [0.1, 0.15) is 11.3 Å². The van der Waals surface area contributed by atoms with Gasteiger partial charge in [0.1, 0.15) is 10.9 Å². The zero-order valence-corrected chi connectivity index (χ0v) is 10.0. The summed E-state index contributed by atoms with van der Waals surface area (Å²) in [5.41, 5.74) is 2.04. The predicted octanol–water partition coefficient (Wildman–Crippen LogP) is 2.43. The fourth-order valence-corrected chi connectivity index (χ4v) is 1.68. The van der Waals surface area contributed by atoms with Gasteiger partial charge in [-0.25, -0.2) is 4.98 Å². The number of aromatic nitrogens is 2. The standard InChI is InChI=1S/C12H11ClN2O2/c1-9-4-11(17-8-16)7-15(9)6-10-2-3-12(13)14-5-10/h2-5,7-8H,6H2,1H3. The first-order valence-electron chi connectivity index (χ1n) is 5.06. The van der Waals surface area contributed by atoms with E-state index in [9.17, 15) is 4.79 Å². The molecule has 2 aromatic heterocycles. The predicted molar refractivity (Wildman–Crippen MR) is 64.2 cm³/mol. The summed E-state index contributed by atoms with van der Waals surface area (Å²) in [7, 11) is 0. The SMILES string of the molecule is Cc1cc(OC=O)cn1Cc1ccc(Cl)nc1. The van der Waals surface area contributed by atoms with Crippen molar-refractivity contribution in [3.05, 3.63) is 47.0 Å². The second-order valence-corrected chi connectivity index (χ2v) is 4.04. The van der Waals surface area contributed by atoms with Crippen LogP contribution in [-0.2, 0) is 11.3 Å². The second kappa shape index (κ2) is 5.01. The highest BCUT2D eigenvalue weighted by Crippen LogP contribution is 2.17. The van der Waals surface area contributed by atoms with Gasteiger partial charge in [0, 0.05) is 30.7 Å². The third kappa shape index (κ3) is 2.85. The molecule has 2 rings (SSSR count). The second-order valence-electron chi connectivity index (χ2n) is 3.65. The molecule has 0 fully saturated rings. The first-order chi connectivity index (χ1) is 8.19. The lowest BCUT2D eigenvalue weighted by molar-refractivity contribution is -0.120. The largest absolute Gasteiger partial charge is 0.427 e. The quantitative estimate of drug-likeness (QED) is 0.618. The summed E-state index contributed by atoms with van der Waals surface area (Å²) < 4.78 is 6.76. The van der Waals surface area contributed by atoms with E-state index < -0.39 is 0 Å². The van der Waals surface area contributed by atoms with Gasteiger partial charge < -0.3 is 9.30 Å². The van der Waals surface area contributed by atoms with E-state index in [0.29, 0.717) is 23.9 Å². The Morgan fingerprint density at radius 1 is 1.53 bits per heavy atom. The van der Waals surface area contributed by atoms with Gasteiger partial charge in [0.15, 0.2) is 0 Å². The van der Waals surface area contributed by atoms with Crippen LogP contribution in [0.15, 0.2) is 30.6 Å². The van der Waals surface area contributed by atoms with Crippen LogP contribution in [0, 0.1) is 6.92 Å². The summed E-state index contributed by atoms with van der Waals surface area (Å²) >= 11 is 5.71. The summed E-state index contributed by atoms with van der Waals surface area (Å²) in [5, 5.41) is 0.475. The zero-order chi connectivity index (χ0) is 12.3. The molecule has 0 saturated heterocycles. The highest BCUT2D eigenvalue weighted by molar-refractivity contribution is 6.29. The maximum Gasteiger partial charge on any atom is 0.298 e. The molecule has 0 aliphatic carbocycles. The monoisotopic (exact) mass is 250 g/mol. The highest BCUT2D eigenvalue weighted by atomic mass is 35.5. The van der Waals surface area contributed by atoms with Gasteiger partial charge >= 0.3 is 0 Å². The number of ether oxygens (including phenoxy) is 1. The van der Waals surface area contributed by atoms with Crippen LogP contribution in [0.3, 0.4) is 0 Å². The van der Waals surface area contributed by atoms with Gasteiger partial charge in [-0.15, -0.1) is 0 Å². The van der Waals surface area contributed by atoms with Crippen LogP contribution < -0.4 is 4.74 Å². The molecule has 0 amide bonds. The number of pyridine rings is 1. The lowest BCUT2D eigenvalue weighted by atomic mass is 10.3. The minimum absolute atomic E-state index is 0.420. The molecule has 0 unspecified atom stereocenters. The molecule has 17 heavy (non-hydrogen) atoms. The van der Waals surface area contributed by atoms with Gasteiger partial charge in [0.2, 0.25) is 0 Å². The molecule has 4 nitrogen and oxygen atoms in total. The summed E-state index contributed by atoms with van der Waals surface area (Å²) in [4.78, 5) is 14.2. The fraction of sp³-hybridized carbons (Fsp3) is 0.167. The molecule has 0 aliphatic rings.